The Morgan fingerprint density at radius 3 is 1.78 bits per heavy atom. The van der Waals surface area contributed by atoms with E-state index in [0.717, 1.165) is 22.4 Å². The van der Waals surface area contributed by atoms with E-state index in [1.54, 1.807) is 24.3 Å². The normalized spacial score (nSPS) is 10.6. The average Bonchev–Trinajstić information content (AvgIpc) is 2.81. The molecule has 4 aromatic carbocycles. The molecule has 4 rings (SSSR count). The van der Waals surface area contributed by atoms with Gasteiger partial charge in [-0.2, -0.15) is 0 Å². The Morgan fingerprint density at radius 2 is 1.19 bits per heavy atom. The Hall–Kier alpha value is -4.18. The number of carbonyl (C=O) groups excluding carboxylic acids is 2. The molecule has 0 atom stereocenters. The van der Waals surface area contributed by atoms with Gasteiger partial charge in [0.2, 0.25) is 5.91 Å². The fourth-order valence-electron chi connectivity index (χ4n) is 3.66. The van der Waals surface area contributed by atoms with Crippen LogP contribution in [0.25, 0.3) is 0 Å². The van der Waals surface area contributed by atoms with E-state index in [0.29, 0.717) is 11.3 Å². The van der Waals surface area contributed by atoms with Crippen LogP contribution in [0.3, 0.4) is 0 Å². The second kappa shape index (κ2) is 9.75. The van der Waals surface area contributed by atoms with Gasteiger partial charge in [-0.15, -0.1) is 0 Å². The van der Waals surface area contributed by atoms with Gasteiger partial charge in [0.1, 0.15) is 0 Å². The Balaban J connectivity index is 1.55. The van der Waals surface area contributed by atoms with Crippen LogP contribution < -0.4 is 10.6 Å². The van der Waals surface area contributed by atoms with Crippen molar-refractivity contribution in [2.45, 2.75) is 12.8 Å². The Bertz CT molecular complexity index is 1180. The minimum absolute atomic E-state index is 0.154. The van der Waals surface area contributed by atoms with Crippen molar-refractivity contribution in [2.24, 2.45) is 0 Å². The van der Waals surface area contributed by atoms with E-state index in [9.17, 15) is 9.59 Å². The molecule has 4 heteroatoms. The van der Waals surface area contributed by atoms with Crippen LogP contribution in [0.4, 0.5) is 11.4 Å². The van der Waals surface area contributed by atoms with Crippen LogP contribution >= 0.6 is 0 Å². The van der Waals surface area contributed by atoms with Gasteiger partial charge < -0.3 is 10.6 Å². The lowest BCUT2D eigenvalue weighted by molar-refractivity contribution is -0.116. The number of hydrogen-bond acceptors (Lipinski definition) is 2. The lowest BCUT2D eigenvalue weighted by Crippen LogP contribution is -2.22. The smallest absolute Gasteiger partial charge is 0.255 e. The second-order valence-electron chi connectivity index (χ2n) is 7.65. The van der Waals surface area contributed by atoms with Crippen LogP contribution in [0.1, 0.15) is 33.0 Å². The molecule has 4 nitrogen and oxygen atoms in total. The van der Waals surface area contributed by atoms with Crippen molar-refractivity contribution in [2.75, 3.05) is 10.6 Å². The van der Waals surface area contributed by atoms with Crippen LogP contribution in [0, 0.1) is 6.92 Å². The zero-order valence-corrected chi connectivity index (χ0v) is 17.8. The SMILES string of the molecule is Cc1cccc(NC(=O)c2cccc(NC(=O)C(c3ccccc3)c3ccccc3)c2)c1. The average molecular weight is 421 g/mol. The van der Waals surface area contributed by atoms with E-state index in [2.05, 4.69) is 10.6 Å². The fourth-order valence-corrected chi connectivity index (χ4v) is 3.66. The van der Waals surface area contributed by atoms with Gasteiger partial charge in [0.15, 0.2) is 0 Å². The molecular formula is C28H24N2O2. The molecule has 0 spiro atoms. The minimum Gasteiger partial charge on any atom is -0.325 e. The molecule has 0 aromatic heterocycles. The van der Waals surface area contributed by atoms with Gasteiger partial charge in [-0.25, -0.2) is 0 Å². The summed E-state index contributed by atoms with van der Waals surface area (Å²) in [5.74, 6) is -0.838. The predicted octanol–water partition coefficient (Wildman–Crippen LogP) is 6.02. The van der Waals surface area contributed by atoms with Gasteiger partial charge in [0.25, 0.3) is 5.91 Å². The first-order valence-electron chi connectivity index (χ1n) is 10.5. The van der Waals surface area contributed by atoms with Gasteiger partial charge in [-0.05, 0) is 53.9 Å². The molecule has 4 aromatic rings. The third kappa shape index (κ3) is 5.10. The Labute approximate surface area is 187 Å². The van der Waals surface area contributed by atoms with Crippen molar-refractivity contribution in [3.63, 3.8) is 0 Å². The van der Waals surface area contributed by atoms with E-state index in [1.807, 2.05) is 91.9 Å². The third-order valence-electron chi connectivity index (χ3n) is 5.20. The summed E-state index contributed by atoms with van der Waals surface area (Å²) in [6, 6.07) is 34.0. The quantitative estimate of drug-likeness (QED) is 0.401. The molecule has 0 heterocycles. The minimum atomic E-state index is -0.456. The van der Waals surface area contributed by atoms with E-state index in [4.69, 9.17) is 0 Å². The zero-order chi connectivity index (χ0) is 22.3. The highest BCUT2D eigenvalue weighted by molar-refractivity contribution is 6.06. The first-order chi connectivity index (χ1) is 15.6. The summed E-state index contributed by atoms with van der Waals surface area (Å²) in [4.78, 5) is 26.0. The first-order valence-corrected chi connectivity index (χ1v) is 10.5. The van der Waals surface area contributed by atoms with E-state index in [1.165, 1.54) is 0 Å². The van der Waals surface area contributed by atoms with Crippen LogP contribution in [0.5, 0.6) is 0 Å². The molecule has 0 saturated heterocycles. The molecule has 2 amide bonds. The number of aryl methyl sites for hydroxylation is 1. The van der Waals surface area contributed by atoms with Crippen LogP contribution in [-0.2, 0) is 4.79 Å². The number of amides is 2. The summed E-state index contributed by atoms with van der Waals surface area (Å²) in [5.41, 5.74) is 4.66. The Morgan fingerprint density at radius 1 is 0.625 bits per heavy atom. The molecule has 158 valence electrons. The molecule has 0 aliphatic carbocycles. The fraction of sp³-hybridized carbons (Fsp3) is 0.0714. The number of hydrogen-bond donors (Lipinski definition) is 2. The summed E-state index contributed by atoms with van der Waals surface area (Å²) in [5, 5.41) is 5.89. The monoisotopic (exact) mass is 420 g/mol. The van der Waals surface area contributed by atoms with Gasteiger partial charge in [0, 0.05) is 16.9 Å². The van der Waals surface area contributed by atoms with E-state index >= 15 is 0 Å². The summed E-state index contributed by atoms with van der Waals surface area (Å²) < 4.78 is 0. The van der Waals surface area contributed by atoms with Gasteiger partial charge in [-0.3, -0.25) is 9.59 Å². The van der Waals surface area contributed by atoms with Gasteiger partial charge in [0.05, 0.1) is 5.92 Å². The molecule has 32 heavy (non-hydrogen) atoms. The summed E-state index contributed by atoms with van der Waals surface area (Å²) in [6.45, 7) is 1.97. The number of rotatable bonds is 6. The lowest BCUT2D eigenvalue weighted by Gasteiger charge is -2.18. The molecule has 0 bridgehead atoms. The van der Waals surface area contributed by atoms with Crippen LogP contribution in [-0.4, -0.2) is 11.8 Å². The van der Waals surface area contributed by atoms with Crippen LogP contribution in [0.15, 0.2) is 109 Å². The maximum absolute atomic E-state index is 13.3. The van der Waals surface area contributed by atoms with E-state index < -0.39 is 5.92 Å². The molecule has 0 radical (unpaired) electrons. The molecular weight excluding hydrogens is 396 g/mol. The lowest BCUT2D eigenvalue weighted by atomic mass is 9.90. The second-order valence-corrected chi connectivity index (χ2v) is 7.65. The Kier molecular flexibility index (Phi) is 6.42. The summed E-state index contributed by atoms with van der Waals surface area (Å²) in [6.07, 6.45) is 0. The van der Waals surface area contributed by atoms with Crippen molar-refractivity contribution < 1.29 is 9.59 Å². The summed E-state index contributed by atoms with van der Waals surface area (Å²) >= 11 is 0. The molecule has 0 saturated carbocycles. The van der Waals surface area contributed by atoms with Crippen molar-refractivity contribution in [3.05, 3.63) is 131 Å². The van der Waals surface area contributed by atoms with Crippen molar-refractivity contribution in [3.8, 4) is 0 Å². The topological polar surface area (TPSA) is 58.2 Å². The zero-order valence-electron chi connectivity index (χ0n) is 17.8. The number of anilines is 2. The predicted molar refractivity (Wildman–Crippen MR) is 129 cm³/mol. The molecule has 0 fully saturated rings. The largest absolute Gasteiger partial charge is 0.325 e. The highest BCUT2D eigenvalue weighted by Gasteiger charge is 2.22. The molecule has 2 N–H and O–H groups in total. The number of benzene rings is 4. The highest BCUT2D eigenvalue weighted by atomic mass is 16.2. The number of carbonyl (C=O) groups is 2. The van der Waals surface area contributed by atoms with Gasteiger partial charge >= 0.3 is 0 Å². The van der Waals surface area contributed by atoms with Crippen molar-refractivity contribution >= 4 is 23.2 Å². The van der Waals surface area contributed by atoms with Crippen molar-refractivity contribution in [1.29, 1.82) is 0 Å². The van der Waals surface area contributed by atoms with Crippen molar-refractivity contribution in [1.82, 2.24) is 0 Å². The van der Waals surface area contributed by atoms with Crippen LogP contribution in [0.2, 0.25) is 0 Å². The summed E-state index contributed by atoms with van der Waals surface area (Å²) in [7, 11) is 0. The molecule has 0 unspecified atom stereocenters. The first kappa shape index (κ1) is 21.1. The van der Waals surface area contributed by atoms with Gasteiger partial charge in [-0.1, -0.05) is 78.9 Å². The highest BCUT2D eigenvalue weighted by Crippen LogP contribution is 2.26. The van der Waals surface area contributed by atoms with E-state index in [-0.39, 0.29) is 11.8 Å². The molecule has 0 aliphatic rings. The molecule has 0 aliphatic heterocycles. The maximum Gasteiger partial charge on any atom is 0.255 e. The standard InChI is InChI=1S/C28H24N2O2/c1-20-10-8-16-24(18-20)29-27(31)23-15-9-17-25(19-23)30-28(32)26(21-11-4-2-5-12-21)22-13-6-3-7-14-22/h2-19,26H,1H3,(H,29,31)(H,30,32). The maximum atomic E-state index is 13.3. The number of nitrogens with one attached hydrogen (secondary N) is 2. The third-order valence-corrected chi connectivity index (χ3v) is 5.20.